The SMILES string of the molecule is [2H]C1=C(c2ccc(Oc3ccc(Br)cc3F)cc2CC)C([2H])C(C)(C)OC1(C)C. The van der Waals surface area contributed by atoms with E-state index in [4.69, 9.17) is 12.2 Å². The number of ether oxygens (including phenoxy) is 2. The van der Waals surface area contributed by atoms with E-state index in [-0.39, 0.29) is 5.75 Å². The number of hydrogen-bond acceptors (Lipinski definition) is 2. The van der Waals surface area contributed by atoms with Crippen LogP contribution in [0.4, 0.5) is 4.39 Å². The molecular weight excluding hydrogens is 407 g/mol. The standard InChI is InChI=1S/C23H26BrFO2/c1-6-15-11-18(26-21-10-7-17(24)12-20(21)25)8-9-19(15)16-13-22(2,3)27-23(4,5)14-16/h7-13H,6,14H2,1-5H3/i13D,14D. The fraction of sp³-hybridized carbons (Fsp3) is 0.391. The average molecular weight is 435 g/mol. The fourth-order valence-electron chi connectivity index (χ4n) is 3.44. The zero-order chi connectivity index (χ0) is 21.6. The van der Waals surface area contributed by atoms with Gasteiger partial charge < -0.3 is 9.47 Å². The van der Waals surface area contributed by atoms with Crippen molar-refractivity contribution in [3.63, 3.8) is 0 Å². The molecule has 0 saturated heterocycles. The smallest absolute Gasteiger partial charge is 0.166 e. The number of aryl methyl sites for hydroxylation is 1. The maximum atomic E-state index is 14.1. The van der Waals surface area contributed by atoms with Crippen molar-refractivity contribution in [1.29, 1.82) is 0 Å². The molecule has 0 fully saturated rings. The predicted octanol–water partition coefficient (Wildman–Crippen LogP) is 7.30. The van der Waals surface area contributed by atoms with Gasteiger partial charge in [-0.25, -0.2) is 4.39 Å². The monoisotopic (exact) mass is 434 g/mol. The molecule has 0 N–H and O–H groups in total. The highest BCUT2D eigenvalue weighted by Gasteiger charge is 2.34. The summed E-state index contributed by atoms with van der Waals surface area (Å²) in [5.41, 5.74) is 0.974. The molecule has 2 aromatic carbocycles. The van der Waals surface area contributed by atoms with Crippen molar-refractivity contribution in [3.05, 3.63) is 63.9 Å². The summed E-state index contributed by atoms with van der Waals surface area (Å²) in [6.07, 6.45) is 0.00428. The van der Waals surface area contributed by atoms with Crippen LogP contribution < -0.4 is 4.74 Å². The Morgan fingerprint density at radius 1 is 1.22 bits per heavy atom. The van der Waals surface area contributed by atoms with Gasteiger partial charge in [0.15, 0.2) is 11.6 Å². The third-order valence-electron chi connectivity index (χ3n) is 4.32. The van der Waals surface area contributed by atoms with Gasteiger partial charge in [-0.3, -0.25) is 0 Å². The summed E-state index contributed by atoms with van der Waals surface area (Å²) in [7, 11) is 0. The van der Waals surface area contributed by atoms with E-state index in [0.29, 0.717) is 28.3 Å². The minimum absolute atomic E-state index is 0.148. The molecule has 0 aliphatic carbocycles. The van der Waals surface area contributed by atoms with Crippen molar-refractivity contribution >= 4 is 21.5 Å². The van der Waals surface area contributed by atoms with Crippen LogP contribution in [0.5, 0.6) is 11.5 Å². The molecule has 4 heteroatoms. The highest BCUT2D eigenvalue weighted by Crippen LogP contribution is 2.40. The molecule has 0 amide bonds. The summed E-state index contributed by atoms with van der Waals surface area (Å²) in [5.74, 6) is 0.220. The Hall–Kier alpha value is -1.65. The van der Waals surface area contributed by atoms with Gasteiger partial charge in [-0.1, -0.05) is 28.9 Å². The van der Waals surface area contributed by atoms with Gasteiger partial charge in [0.1, 0.15) is 5.75 Å². The quantitative estimate of drug-likeness (QED) is 0.502. The van der Waals surface area contributed by atoms with Crippen molar-refractivity contribution in [2.75, 3.05) is 0 Å². The molecule has 0 spiro atoms. The van der Waals surface area contributed by atoms with Crippen LogP contribution in [-0.4, -0.2) is 11.2 Å². The number of halogens is 2. The summed E-state index contributed by atoms with van der Waals surface area (Å²) in [4.78, 5) is 0. The first-order valence-electron chi connectivity index (χ1n) is 10.1. The molecule has 1 heterocycles. The predicted molar refractivity (Wildman–Crippen MR) is 112 cm³/mol. The van der Waals surface area contributed by atoms with Crippen LogP contribution in [0.3, 0.4) is 0 Å². The largest absolute Gasteiger partial charge is 0.454 e. The van der Waals surface area contributed by atoms with Crippen LogP contribution in [0.15, 0.2) is 46.9 Å². The minimum Gasteiger partial charge on any atom is -0.454 e. The molecule has 1 atom stereocenters. The molecule has 0 aromatic heterocycles. The van der Waals surface area contributed by atoms with Gasteiger partial charge in [-0.05, 0) is 87.2 Å². The molecule has 3 rings (SSSR count). The highest BCUT2D eigenvalue weighted by atomic mass is 79.9. The Kier molecular flexibility index (Phi) is 4.78. The summed E-state index contributed by atoms with van der Waals surface area (Å²) < 4.78 is 44.0. The molecule has 2 aromatic rings. The summed E-state index contributed by atoms with van der Waals surface area (Å²) >= 11 is 3.24. The van der Waals surface area contributed by atoms with E-state index >= 15 is 0 Å². The molecule has 0 radical (unpaired) electrons. The molecular formula is C23H26BrFO2. The Labute approximate surface area is 172 Å². The van der Waals surface area contributed by atoms with Crippen LogP contribution >= 0.6 is 15.9 Å². The van der Waals surface area contributed by atoms with Gasteiger partial charge in [-0.15, -0.1) is 0 Å². The Balaban J connectivity index is 2.05. The van der Waals surface area contributed by atoms with E-state index in [1.54, 1.807) is 18.2 Å². The molecule has 1 aliphatic heterocycles. The highest BCUT2D eigenvalue weighted by molar-refractivity contribution is 9.10. The molecule has 0 bridgehead atoms. The van der Waals surface area contributed by atoms with Gasteiger partial charge in [0.25, 0.3) is 0 Å². The van der Waals surface area contributed by atoms with Gasteiger partial charge >= 0.3 is 0 Å². The Bertz CT molecular complexity index is 969. The van der Waals surface area contributed by atoms with E-state index < -0.39 is 23.4 Å². The van der Waals surface area contributed by atoms with E-state index in [9.17, 15) is 4.39 Å². The number of hydrogen-bond donors (Lipinski definition) is 0. The maximum absolute atomic E-state index is 14.1. The zero-order valence-electron chi connectivity index (χ0n) is 18.3. The van der Waals surface area contributed by atoms with Crippen LogP contribution in [0.25, 0.3) is 5.57 Å². The lowest BCUT2D eigenvalue weighted by Gasteiger charge is -2.40. The van der Waals surface area contributed by atoms with E-state index in [2.05, 4.69) is 15.9 Å². The first-order chi connectivity index (χ1) is 13.5. The Morgan fingerprint density at radius 3 is 2.63 bits per heavy atom. The Morgan fingerprint density at radius 2 is 1.96 bits per heavy atom. The molecule has 0 saturated carbocycles. The van der Waals surface area contributed by atoms with Crippen molar-refractivity contribution in [1.82, 2.24) is 0 Å². The number of rotatable bonds is 4. The van der Waals surface area contributed by atoms with E-state index in [1.165, 1.54) is 6.07 Å². The second-order valence-corrected chi connectivity index (χ2v) is 8.66. The van der Waals surface area contributed by atoms with Crippen LogP contribution in [-0.2, 0) is 11.2 Å². The lowest BCUT2D eigenvalue weighted by atomic mass is 9.84. The van der Waals surface area contributed by atoms with E-state index in [1.807, 2.05) is 46.8 Å². The second-order valence-electron chi connectivity index (χ2n) is 7.75. The van der Waals surface area contributed by atoms with Gasteiger partial charge in [-0.2, -0.15) is 0 Å². The molecule has 2 nitrogen and oxygen atoms in total. The van der Waals surface area contributed by atoms with Gasteiger partial charge in [0, 0.05) is 12.2 Å². The molecule has 144 valence electrons. The zero-order valence-corrected chi connectivity index (χ0v) is 17.9. The third-order valence-corrected chi connectivity index (χ3v) is 4.81. The molecule has 27 heavy (non-hydrogen) atoms. The topological polar surface area (TPSA) is 18.5 Å². The summed E-state index contributed by atoms with van der Waals surface area (Å²) in [6, 6.07) is 10.5. The van der Waals surface area contributed by atoms with Crippen LogP contribution in [0, 0.1) is 5.82 Å². The lowest BCUT2D eigenvalue weighted by Crippen LogP contribution is -2.39. The third kappa shape index (κ3) is 4.80. The molecule has 1 unspecified atom stereocenters. The second kappa shape index (κ2) is 7.40. The van der Waals surface area contributed by atoms with Crippen molar-refractivity contribution in [3.8, 4) is 11.5 Å². The van der Waals surface area contributed by atoms with Crippen molar-refractivity contribution < 1.29 is 16.6 Å². The first-order valence-corrected chi connectivity index (χ1v) is 9.85. The summed E-state index contributed by atoms with van der Waals surface area (Å²) in [5, 5.41) is 0. The fourth-order valence-corrected chi connectivity index (χ4v) is 3.77. The first kappa shape index (κ1) is 17.4. The maximum Gasteiger partial charge on any atom is 0.166 e. The minimum atomic E-state index is -0.781. The average Bonchev–Trinajstić information content (AvgIpc) is 2.63. The normalized spacial score (nSPS) is 22.3. The lowest BCUT2D eigenvalue weighted by molar-refractivity contribution is -0.100. The number of benzene rings is 2. The van der Waals surface area contributed by atoms with Crippen LogP contribution in [0.1, 0.15) is 54.9 Å². The van der Waals surface area contributed by atoms with E-state index in [0.717, 1.165) is 11.1 Å². The van der Waals surface area contributed by atoms with Gasteiger partial charge in [0.2, 0.25) is 0 Å². The van der Waals surface area contributed by atoms with Crippen LogP contribution in [0.2, 0.25) is 0 Å². The molecule has 1 aliphatic rings. The van der Waals surface area contributed by atoms with Crippen molar-refractivity contribution in [2.24, 2.45) is 0 Å². The van der Waals surface area contributed by atoms with Gasteiger partial charge in [0.05, 0.1) is 12.6 Å². The van der Waals surface area contributed by atoms with Crippen molar-refractivity contribution in [2.45, 2.75) is 58.6 Å². The summed E-state index contributed by atoms with van der Waals surface area (Å²) in [6.45, 7) is 9.52.